The molecular formula is C11H6N2O. The summed E-state index contributed by atoms with van der Waals surface area (Å²) in [5.41, 5.74) is 2.54. The zero-order valence-electron chi connectivity index (χ0n) is 7.27. The molecule has 0 radical (unpaired) electrons. The number of rotatable bonds is 0. The van der Waals surface area contributed by atoms with Crippen molar-refractivity contribution in [2.24, 2.45) is 0 Å². The molecule has 2 heterocycles. The minimum Gasteiger partial charge on any atom is -0.447 e. The van der Waals surface area contributed by atoms with Gasteiger partial charge in [-0.2, -0.15) is 5.26 Å². The van der Waals surface area contributed by atoms with Crippen LogP contribution in [-0.2, 0) is 0 Å². The molecule has 3 aromatic rings. The molecule has 0 spiro atoms. The first-order valence-electron chi connectivity index (χ1n) is 4.27. The van der Waals surface area contributed by atoms with Gasteiger partial charge in [0.25, 0.3) is 0 Å². The van der Waals surface area contributed by atoms with Crippen molar-refractivity contribution in [3.63, 3.8) is 0 Å². The lowest BCUT2D eigenvalue weighted by Crippen LogP contribution is -1.77. The predicted octanol–water partition coefficient (Wildman–Crippen LogP) is 2.56. The lowest BCUT2D eigenvalue weighted by atomic mass is 10.2. The molecule has 0 amide bonds. The second kappa shape index (κ2) is 2.39. The smallest absolute Gasteiger partial charge is 0.204 e. The Morgan fingerprint density at radius 2 is 2.21 bits per heavy atom. The lowest BCUT2D eigenvalue weighted by Gasteiger charge is -1.91. The van der Waals surface area contributed by atoms with Gasteiger partial charge in [0.1, 0.15) is 6.26 Å². The van der Waals surface area contributed by atoms with Crippen LogP contribution in [-0.4, -0.2) is 4.40 Å². The van der Waals surface area contributed by atoms with Crippen LogP contribution in [0.5, 0.6) is 0 Å². The average Bonchev–Trinajstić information content (AvgIpc) is 2.75. The van der Waals surface area contributed by atoms with Crippen LogP contribution in [0.15, 0.2) is 41.1 Å². The summed E-state index contributed by atoms with van der Waals surface area (Å²) in [5, 5.41) is 9.77. The second-order valence-electron chi connectivity index (χ2n) is 3.14. The molecule has 0 atom stereocenters. The summed E-state index contributed by atoms with van der Waals surface area (Å²) in [5.74, 6) is 0. The van der Waals surface area contributed by atoms with E-state index in [4.69, 9.17) is 9.68 Å². The summed E-state index contributed by atoms with van der Waals surface area (Å²) >= 11 is 0. The van der Waals surface area contributed by atoms with Crippen molar-refractivity contribution in [3.8, 4) is 6.07 Å². The van der Waals surface area contributed by atoms with Crippen LogP contribution >= 0.6 is 0 Å². The lowest BCUT2D eigenvalue weighted by molar-refractivity contribution is 0.609. The SMILES string of the molecule is N#Cc1ccc2c(c1)cc1occn12. The van der Waals surface area contributed by atoms with Crippen LogP contribution in [0.3, 0.4) is 0 Å². The highest BCUT2D eigenvalue weighted by Crippen LogP contribution is 2.21. The summed E-state index contributed by atoms with van der Waals surface area (Å²) < 4.78 is 7.21. The molecule has 0 fully saturated rings. The Morgan fingerprint density at radius 1 is 1.29 bits per heavy atom. The zero-order valence-corrected chi connectivity index (χ0v) is 7.27. The van der Waals surface area contributed by atoms with Gasteiger partial charge in [0.05, 0.1) is 17.1 Å². The van der Waals surface area contributed by atoms with Crippen molar-refractivity contribution >= 4 is 16.6 Å². The number of nitrogens with zero attached hydrogens (tertiary/aromatic N) is 2. The molecule has 1 aromatic carbocycles. The Morgan fingerprint density at radius 3 is 3.07 bits per heavy atom. The van der Waals surface area contributed by atoms with Crippen molar-refractivity contribution in [1.29, 1.82) is 5.26 Å². The highest BCUT2D eigenvalue weighted by molar-refractivity contribution is 5.86. The largest absolute Gasteiger partial charge is 0.447 e. The maximum Gasteiger partial charge on any atom is 0.204 e. The van der Waals surface area contributed by atoms with Gasteiger partial charge in [-0.25, -0.2) is 0 Å². The van der Waals surface area contributed by atoms with Gasteiger partial charge in [-0.15, -0.1) is 0 Å². The predicted molar refractivity (Wildman–Crippen MR) is 51.9 cm³/mol. The van der Waals surface area contributed by atoms with Gasteiger partial charge >= 0.3 is 0 Å². The normalized spacial score (nSPS) is 10.8. The molecule has 0 unspecified atom stereocenters. The fraction of sp³-hybridized carbons (Fsp3) is 0. The van der Waals surface area contributed by atoms with E-state index in [0.717, 1.165) is 16.6 Å². The number of nitriles is 1. The monoisotopic (exact) mass is 182 g/mol. The fourth-order valence-corrected chi connectivity index (χ4v) is 1.69. The van der Waals surface area contributed by atoms with Crippen molar-refractivity contribution < 1.29 is 4.42 Å². The first-order valence-corrected chi connectivity index (χ1v) is 4.27. The highest BCUT2D eigenvalue weighted by atomic mass is 16.3. The Bertz CT molecular complexity index is 655. The van der Waals surface area contributed by atoms with Gasteiger partial charge in [-0.3, -0.25) is 4.40 Å². The van der Waals surface area contributed by atoms with Crippen LogP contribution in [0.4, 0.5) is 0 Å². The van der Waals surface area contributed by atoms with Crippen molar-refractivity contribution in [2.45, 2.75) is 0 Å². The van der Waals surface area contributed by atoms with Crippen LogP contribution in [0, 0.1) is 11.3 Å². The first-order chi connectivity index (χ1) is 6.88. The Hall–Kier alpha value is -2.21. The highest BCUT2D eigenvalue weighted by Gasteiger charge is 2.04. The Labute approximate surface area is 79.8 Å². The van der Waals surface area contributed by atoms with E-state index < -0.39 is 0 Å². The van der Waals surface area contributed by atoms with Gasteiger partial charge < -0.3 is 4.42 Å². The maximum absolute atomic E-state index is 8.74. The number of hydrogen-bond acceptors (Lipinski definition) is 2. The third-order valence-electron chi connectivity index (χ3n) is 2.33. The van der Waals surface area contributed by atoms with E-state index in [1.54, 1.807) is 6.26 Å². The van der Waals surface area contributed by atoms with E-state index in [1.807, 2.05) is 34.9 Å². The second-order valence-corrected chi connectivity index (χ2v) is 3.14. The summed E-state index contributed by atoms with van der Waals surface area (Å²) in [6.07, 6.45) is 3.51. The van der Waals surface area contributed by atoms with Crippen LogP contribution in [0.25, 0.3) is 16.6 Å². The van der Waals surface area contributed by atoms with E-state index in [0.29, 0.717) is 5.56 Å². The standard InChI is InChI=1S/C11H6N2O/c12-7-8-1-2-10-9(5-8)6-11-13(10)3-4-14-11/h1-6H. The zero-order chi connectivity index (χ0) is 9.54. The van der Waals surface area contributed by atoms with Gasteiger partial charge in [0.15, 0.2) is 0 Å². The molecule has 2 aromatic heterocycles. The van der Waals surface area contributed by atoms with Crippen molar-refractivity contribution in [2.75, 3.05) is 0 Å². The number of oxazole rings is 1. The molecule has 0 aliphatic carbocycles. The molecule has 0 aliphatic heterocycles. The third-order valence-corrected chi connectivity index (χ3v) is 2.33. The quantitative estimate of drug-likeness (QED) is 0.536. The van der Waals surface area contributed by atoms with E-state index in [1.165, 1.54) is 0 Å². The molecule has 0 saturated carbocycles. The number of fused-ring (bicyclic) bond motifs is 3. The molecule has 0 bridgehead atoms. The first kappa shape index (κ1) is 7.22. The van der Waals surface area contributed by atoms with E-state index in [9.17, 15) is 0 Å². The molecule has 3 heteroatoms. The average molecular weight is 182 g/mol. The Balaban J connectivity index is 2.51. The number of benzene rings is 1. The summed E-state index contributed by atoms with van der Waals surface area (Å²) in [4.78, 5) is 0. The van der Waals surface area contributed by atoms with Gasteiger partial charge in [-0.05, 0) is 18.2 Å². The molecule has 0 N–H and O–H groups in total. The molecule has 0 saturated heterocycles. The summed E-state index contributed by atoms with van der Waals surface area (Å²) in [6, 6.07) is 9.64. The summed E-state index contributed by atoms with van der Waals surface area (Å²) in [6.45, 7) is 0. The van der Waals surface area contributed by atoms with E-state index in [2.05, 4.69) is 6.07 Å². The minimum absolute atomic E-state index is 0.672. The molecule has 66 valence electrons. The van der Waals surface area contributed by atoms with Crippen LogP contribution < -0.4 is 0 Å². The van der Waals surface area contributed by atoms with Gasteiger partial charge in [-0.1, -0.05) is 0 Å². The number of hydrogen-bond donors (Lipinski definition) is 0. The fourth-order valence-electron chi connectivity index (χ4n) is 1.69. The topological polar surface area (TPSA) is 41.3 Å². The van der Waals surface area contributed by atoms with Crippen molar-refractivity contribution in [1.82, 2.24) is 4.40 Å². The Kier molecular flexibility index (Phi) is 1.23. The van der Waals surface area contributed by atoms with E-state index in [-0.39, 0.29) is 0 Å². The molecule has 3 rings (SSSR count). The van der Waals surface area contributed by atoms with E-state index >= 15 is 0 Å². The molecule has 14 heavy (non-hydrogen) atoms. The van der Waals surface area contributed by atoms with Crippen molar-refractivity contribution in [3.05, 3.63) is 42.3 Å². The van der Waals surface area contributed by atoms with Crippen LogP contribution in [0.2, 0.25) is 0 Å². The van der Waals surface area contributed by atoms with Crippen LogP contribution in [0.1, 0.15) is 5.56 Å². The maximum atomic E-state index is 8.74. The molecular weight excluding hydrogens is 176 g/mol. The third kappa shape index (κ3) is 0.798. The van der Waals surface area contributed by atoms with Gasteiger partial charge in [0, 0.05) is 17.6 Å². The van der Waals surface area contributed by atoms with Gasteiger partial charge in [0.2, 0.25) is 5.71 Å². The molecule has 3 nitrogen and oxygen atoms in total. The number of aromatic nitrogens is 1. The molecule has 0 aliphatic rings. The summed E-state index contributed by atoms with van der Waals surface area (Å²) in [7, 11) is 0. The minimum atomic E-state index is 0.672.